The summed E-state index contributed by atoms with van der Waals surface area (Å²) in [6.07, 6.45) is -4.47. The van der Waals surface area contributed by atoms with Crippen molar-refractivity contribution in [1.29, 1.82) is 0 Å². The third kappa shape index (κ3) is 2.79. The van der Waals surface area contributed by atoms with Crippen molar-refractivity contribution in [3.63, 3.8) is 0 Å². The van der Waals surface area contributed by atoms with E-state index in [9.17, 15) is 22.4 Å². The fourth-order valence-corrected chi connectivity index (χ4v) is 2.90. The summed E-state index contributed by atoms with van der Waals surface area (Å²) < 4.78 is 52.7. The molecule has 0 saturated carbocycles. The fraction of sp³-hybridized carbons (Fsp3) is 0.167. The molecule has 0 spiro atoms. The van der Waals surface area contributed by atoms with Crippen molar-refractivity contribution >= 4 is 11.4 Å². The molecular weight excluding hydrogens is 322 g/mol. The number of carbonyl (C=O) groups excluding carboxylic acids is 1. The molecule has 1 atom stereocenters. The first-order valence-corrected chi connectivity index (χ1v) is 7.24. The van der Waals surface area contributed by atoms with Crippen LogP contribution in [-0.4, -0.2) is 5.78 Å². The molecule has 2 N–H and O–H groups in total. The maximum absolute atomic E-state index is 14.1. The van der Waals surface area contributed by atoms with Crippen LogP contribution in [0.1, 0.15) is 29.0 Å². The SMILES string of the molecule is NC1=C(c2cc(C(F)(F)F)ccc2F)C(=O)C(c2ccccc2)C1. The van der Waals surface area contributed by atoms with Crippen LogP contribution in [0.5, 0.6) is 0 Å². The van der Waals surface area contributed by atoms with Crippen LogP contribution in [-0.2, 0) is 11.0 Å². The Bertz CT molecular complexity index is 825. The molecule has 3 rings (SSSR count). The number of allylic oxidation sites excluding steroid dienone is 2. The van der Waals surface area contributed by atoms with E-state index in [4.69, 9.17) is 5.73 Å². The van der Waals surface area contributed by atoms with Gasteiger partial charge in [0.1, 0.15) is 5.82 Å². The van der Waals surface area contributed by atoms with Crippen LogP contribution in [0.3, 0.4) is 0 Å². The van der Waals surface area contributed by atoms with Crippen LogP contribution in [0.15, 0.2) is 54.2 Å². The van der Waals surface area contributed by atoms with E-state index in [1.165, 1.54) is 0 Å². The predicted octanol–water partition coefficient (Wildman–Crippen LogP) is 4.27. The Labute approximate surface area is 135 Å². The minimum absolute atomic E-state index is 0.104. The Morgan fingerprint density at radius 3 is 2.33 bits per heavy atom. The van der Waals surface area contributed by atoms with E-state index in [1.54, 1.807) is 30.3 Å². The topological polar surface area (TPSA) is 43.1 Å². The second kappa shape index (κ2) is 5.78. The van der Waals surface area contributed by atoms with Gasteiger partial charge in [0.2, 0.25) is 0 Å². The Kier molecular flexibility index (Phi) is 3.91. The Hall–Kier alpha value is -2.63. The van der Waals surface area contributed by atoms with Crippen molar-refractivity contribution < 1.29 is 22.4 Å². The molecule has 1 aliphatic rings. The second-order valence-corrected chi connectivity index (χ2v) is 5.62. The second-order valence-electron chi connectivity index (χ2n) is 5.62. The zero-order valence-electron chi connectivity index (χ0n) is 12.4. The van der Waals surface area contributed by atoms with Gasteiger partial charge >= 0.3 is 6.18 Å². The highest BCUT2D eigenvalue weighted by atomic mass is 19.4. The summed E-state index contributed by atoms with van der Waals surface area (Å²) in [5.41, 5.74) is 5.10. The molecule has 2 aromatic rings. The highest BCUT2D eigenvalue weighted by Gasteiger charge is 2.37. The minimum atomic E-state index is -4.63. The molecule has 0 amide bonds. The fourth-order valence-electron chi connectivity index (χ4n) is 2.90. The number of benzene rings is 2. The number of halogens is 4. The molecule has 0 aromatic heterocycles. The summed E-state index contributed by atoms with van der Waals surface area (Å²) in [4.78, 5) is 12.6. The summed E-state index contributed by atoms with van der Waals surface area (Å²) in [7, 11) is 0. The Morgan fingerprint density at radius 1 is 1.04 bits per heavy atom. The summed E-state index contributed by atoms with van der Waals surface area (Å²) in [5, 5.41) is 0. The summed E-state index contributed by atoms with van der Waals surface area (Å²) in [5.74, 6) is -1.96. The summed E-state index contributed by atoms with van der Waals surface area (Å²) >= 11 is 0. The van der Waals surface area contributed by atoms with Crippen molar-refractivity contribution in [2.24, 2.45) is 5.73 Å². The third-order valence-corrected chi connectivity index (χ3v) is 4.07. The highest BCUT2D eigenvalue weighted by molar-refractivity contribution is 6.26. The van der Waals surface area contributed by atoms with Crippen molar-refractivity contribution in [3.05, 3.63) is 76.7 Å². The minimum Gasteiger partial charge on any atom is -0.401 e. The van der Waals surface area contributed by atoms with Crippen molar-refractivity contribution in [3.8, 4) is 0 Å². The number of hydrogen-bond donors (Lipinski definition) is 1. The lowest BCUT2D eigenvalue weighted by Gasteiger charge is -2.12. The average molecular weight is 335 g/mol. The number of ketones is 1. The predicted molar refractivity (Wildman–Crippen MR) is 81.3 cm³/mol. The first kappa shape index (κ1) is 16.2. The van der Waals surface area contributed by atoms with Crippen molar-refractivity contribution in [2.75, 3.05) is 0 Å². The van der Waals surface area contributed by atoms with Gasteiger partial charge in [-0.2, -0.15) is 13.2 Å². The molecule has 2 nitrogen and oxygen atoms in total. The van der Waals surface area contributed by atoms with Gasteiger partial charge in [0.05, 0.1) is 11.5 Å². The number of nitrogens with two attached hydrogens (primary N) is 1. The first-order valence-electron chi connectivity index (χ1n) is 7.24. The van der Waals surface area contributed by atoms with E-state index in [1.807, 2.05) is 0 Å². The smallest absolute Gasteiger partial charge is 0.401 e. The molecule has 1 unspecified atom stereocenters. The molecule has 0 heterocycles. The van der Waals surface area contributed by atoms with Crippen LogP contribution >= 0.6 is 0 Å². The number of alkyl halides is 3. The van der Waals surface area contributed by atoms with Gasteiger partial charge in [-0.1, -0.05) is 30.3 Å². The Balaban J connectivity index is 2.04. The highest BCUT2D eigenvalue weighted by Crippen LogP contribution is 2.40. The molecule has 24 heavy (non-hydrogen) atoms. The molecule has 1 aliphatic carbocycles. The molecule has 0 saturated heterocycles. The quantitative estimate of drug-likeness (QED) is 0.833. The molecule has 0 radical (unpaired) electrons. The average Bonchev–Trinajstić information content (AvgIpc) is 2.83. The molecule has 0 bridgehead atoms. The number of rotatable bonds is 2. The standard InChI is InChI=1S/C18H13F4NO/c19-14-7-6-11(18(20,21)22)8-13(14)16-15(23)9-12(17(16)24)10-4-2-1-3-5-10/h1-8,12H,9,23H2. The van der Waals surface area contributed by atoms with Crippen LogP contribution < -0.4 is 5.73 Å². The lowest BCUT2D eigenvalue weighted by atomic mass is 9.92. The monoisotopic (exact) mass is 335 g/mol. The maximum atomic E-state index is 14.1. The largest absolute Gasteiger partial charge is 0.416 e. The molecule has 0 aliphatic heterocycles. The maximum Gasteiger partial charge on any atom is 0.416 e. The van der Waals surface area contributed by atoms with E-state index < -0.39 is 34.8 Å². The van der Waals surface area contributed by atoms with E-state index in [0.29, 0.717) is 23.8 Å². The van der Waals surface area contributed by atoms with Gasteiger partial charge in [-0.3, -0.25) is 4.79 Å². The normalized spacial score (nSPS) is 18.3. The van der Waals surface area contributed by atoms with Crippen LogP contribution in [0.2, 0.25) is 0 Å². The van der Waals surface area contributed by atoms with E-state index >= 15 is 0 Å². The van der Waals surface area contributed by atoms with Gasteiger partial charge in [-0.05, 0) is 23.8 Å². The lowest BCUT2D eigenvalue weighted by molar-refractivity contribution is -0.137. The van der Waals surface area contributed by atoms with Crippen molar-refractivity contribution in [1.82, 2.24) is 0 Å². The molecule has 0 fully saturated rings. The number of Topliss-reactive ketones (excluding diaryl/α,β-unsaturated/α-hetero) is 1. The molecule has 6 heteroatoms. The molecule has 124 valence electrons. The zero-order chi connectivity index (χ0) is 17.5. The van der Waals surface area contributed by atoms with Crippen LogP contribution in [0.4, 0.5) is 17.6 Å². The molecular formula is C18H13F4NO. The first-order chi connectivity index (χ1) is 11.3. The van der Waals surface area contributed by atoms with Crippen LogP contribution in [0.25, 0.3) is 5.57 Å². The van der Waals surface area contributed by atoms with Gasteiger partial charge in [0.25, 0.3) is 0 Å². The summed E-state index contributed by atoms with van der Waals surface area (Å²) in [6, 6.07) is 10.8. The molecule has 2 aromatic carbocycles. The van der Waals surface area contributed by atoms with E-state index in [2.05, 4.69) is 0 Å². The lowest BCUT2D eigenvalue weighted by Crippen LogP contribution is -2.11. The zero-order valence-corrected chi connectivity index (χ0v) is 12.4. The van der Waals surface area contributed by atoms with Gasteiger partial charge in [0, 0.05) is 23.3 Å². The number of hydrogen-bond acceptors (Lipinski definition) is 2. The van der Waals surface area contributed by atoms with Gasteiger partial charge in [-0.25, -0.2) is 4.39 Å². The third-order valence-electron chi connectivity index (χ3n) is 4.07. The van der Waals surface area contributed by atoms with Crippen LogP contribution in [0, 0.1) is 5.82 Å². The van der Waals surface area contributed by atoms with E-state index in [-0.39, 0.29) is 17.7 Å². The Morgan fingerprint density at radius 2 is 1.71 bits per heavy atom. The number of carbonyl (C=O) groups is 1. The van der Waals surface area contributed by atoms with Gasteiger partial charge in [-0.15, -0.1) is 0 Å². The summed E-state index contributed by atoms with van der Waals surface area (Å²) in [6.45, 7) is 0. The van der Waals surface area contributed by atoms with Gasteiger partial charge in [0.15, 0.2) is 5.78 Å². The van der Waals surface area contributed by atoms with Crippen molar-refractivity contribution in [2.45, 2.75) is 18.5 Å². The van der Waals surface area contributed by atoms with Gasteiger partial charge < -0.3 is 5.73 Å². The van der Waals surface area contributed by atoms with E-state index in [0.717, 1.165) is 0 Å².